The third-order valence-corrected chi connectivity index (χ3v) is 4.47. The number of hydrogen-bond donors (Lipinski definition) is 4. The van der Waals surface area contributed by atoms with Crippen molar-refractivity contribution >= 4 is 42.1 Å². The number of aliphatic carboxylic acids is 1. The fourth-order valence-corrected chi connectivity index (χ4v) is 2.73. The standard InChI is InChI=1S/C16H16N6O.C2F6.C2HF3O2.2CH2O2/c23-16(12-4-3-7-17-10-12)19-13-11-22-14(18-13)5-6-15(20-22)21-8-1-2-9-21;3-1(4,5)2(6,7)8;3-2(4,5)1(6)7;2*2-1-3/h3-7,10-11H,1-2,8-9H2,(H,19,23);;(H,6,7);2*1H,(H,2,3). The van der Waals surface area contributed by atoms with Crippen LogP contribution in [0.15, 0.2) is 42.9 Å². The number of nitrogens with one attached hydrogen (secondary N) is 1. The summed E-state index contributed by atoms with van der Waals surface area (Å²) in [4.78, 5) is 48.3. The van der Waals surface area contributed by atoms with Gasteiger partial charge in [0, 0.05) is 25.5 Å². The van der Waals surface area contributed by atoms with E-state index in [1.807, 2.05) is 12.1 Å². The number of halogens is 9. The molecule has 0 aliphatic carbocycles. The Balaban J connectivity index is 0.000000728. The summed E-state index contributed by atoms with van der Waals surface area (Å²) in [6, 6.07) is 7.32. The first kappa shape index (κ1) is 38.8. The number of fused-ring (bicyclic) bond motifs is 1. The largest absolute Gasteiger partial charge is 0.490 e. The van der Waals surface area contributed by atoms with E-state index >= 15 is 0 Å². The van der Waals surface area contributed by atoms with Gasteiger partial charge in [-0.25, -0.2) is 14.3 Å². The second-order valence-electron chi connectivity index (χ2n) is 7.52. The zero-order valence-corrected chi connectivity index (χ0v) is 21.6. The number of carboxylic acids is 1. The van der Waals surface area contributed by atoms with E-state index in [1.165, 1.54) is 19.0 Å². The lowest BCUT2D eigenvalue weighted by Crippen LogP contribution is -2.30. The van der Waals surface area contributed by atoms with Gasteiger partial charge in [0.1, 0.15) is 5.82 Å². The third kappa shape index (κ3) is 14.1. The molecular formula is C22H21F9N6O7. The van der Waals surface area contributed by atoms with Crippen molar-refractivity contribution in [2.45, 2.75) is 31.4 Å². The molecule has 1 amide bonds. The number of imidazole rings is 1. The molecule has 4 N–H and O–H groups in total. The number of carbonyl (C=O) groups is 4. The van der Waals surface area contributed by atoms with Crippen LogP contribution in [-0.4, -0.2) is 91.3 Å². The van der Waals surface area contributed by atoms with Crippen LogP contribution in [0.1, 0.15) is 23.2 Å². The molecule has 0 aromatic carbocycles. The van der Waals surface area contributed by atoms with Crippen LogP contribution < -0.4 is 10.2 Å². The zero-order chi connectivity index (χ0) is 34.1. The van der Waals surface area contributed by atoms with Gasteiger partial charge in [-0.3, -0.25) is 19.4 Å². The van der Waals surface area contributed by atoms with E-state index in [9.17, 15) is 44.3 Å². The summed E-state index contributed by atoms with van der Waals surface area (Å²) in [6.45, 7) is 1.58. The molecule has 22 heteroatoms. The molecular weight excluding hydrogens is 631 g/mol. The number of pyridine rings is 1. The van der Waals surface area contributed by atoms with Crippen LogP contribution in [0.2, 0.25) is 0 Å². The second-order valence-corrected chi connectivity index (χ2v) is 7.52. The number of alkyl halides is 9. The fraction of sp³-hybridized carbons (Fsp3) is 0.318. The molecule has 1 saturated heterocycles. The molecule has 1 fully saturated rings. The van der Waals surface area contributed by atoms with Crippen LogP contribution in [0.3, 0.4) is 0 Å². The number of nitrogens with zero attached hydrogens (tertiary/aromatic N) is 5. The van der Waals surface area contributed by atoms with Gasteiger partial charge in [-0.15, -0.1) is 5.10 Å². The number of rotatable bonds is 3. The number of anilines is 2. The van der Waals surface area contributed by atoms with Crippen LogP contribution in [-0.2, 0) is 14.4 Å². The van der Waals surface area contributed by atoms with Crippen molar-refractivity contribution in [3.63, 3.8) is 0 Å². The molecule has 4 heterocycles. The summed E-state index contributed by atoms with van der Waals surface area (Å²) in [7, 11) is 0. The Morgan fingerprint density at radius 3 is 1.80 bits per heavy atom. The molecule has 0 atom stereocenters. The highest BCUT2D eigenvalue weighted by Gasteiger charge is 2.58. The Morgan fingerprint density at radius 2 is 1.39 bits per heavy atom. The van der Waals surface area contributed by atoms with E-state index in [1.54, 1.807) is 29.0 Å². The molecule has 4 rings (SSSR count). The van der Waals surface area contributed by atoms with Crippen LogP contribution in [0.5, 0.6) is 0 Å². The maximum Gasteiger partial charge on any atom is 0.490 e. The van der Waals surface area contributed by atoms with E-state index in [4.69, 9.17) is 29.7 Å². The Morgan fingerprint density at radius 1 is 0.886 bits per heavy atom. The Labute approximate surface area is 239 Å². The summed E-state index contributed by atoms with van der Waals surface area (Å²) in [5, 5.41) is 28.2. The van der Waals surface area contributed by atoms with Crippen LogP contribution in [0, 0.1) is 0 Å². The van der Waals surface area contributed by atoms with Crippen LogP contribution >= 0.6 is 0 Å². The third-order valence-electron chi connectivity index (χ3n) is 4.47. The van der Waals surface area contributed by atoms with Crippen molar-refractivity contribution in [2.75, 3.05) is 23.3 Å². The highest BCUT2D eigenvalue weighted by atomic mass is 19.5. The van der Waals surface area contributed by atoms with Gasteiger partial charge < -0.3 is 25.5 Å². The number of carbonyl (C=O) groups excluding carboxylic acids is 1. The molecule has 244 valence electrons. The predicted octanol–water partition coefficient (Wildman–Crippen LogP) is 4.12. The number of aromatic nitrogens is 4. The number of hydrogen-bond acceptors (Lipinski definition) is 8. The lowest BCUT2D eigenvalue weighted by molar-refractivity contribution is -0.339. The second kappa shape index (κ2) is 17.7. The molecule has 1 aliphatic heterocycles. The lowest BCUT2D eigenvalue weighted by atomic mass is 10.3. The zero-order valence-electron chi connectivity index (χ0n) is 21.6. The molecule has 1 aliphatic rings. The minimum absolute atomic E-state index is 0.235. The fourth-order valence-electron chi connectivity index (χ4n) is 2.73. The Bertz CT molecular complexity index is 1310. The maximum atomic E-state index is 12.1. The van der Waals surface area contributed by atoms with Gasteiger partial charge in [-0.2, -0.15) is 39.5 Å². The van der Waals surface area contributed by atoms with E-state index in [0.29, 0.717) is 17.0 Å². The average Bonchev–Trinajstić information content (AvgIpc) is 3.59. The highest BCUT2D eigenvalue weighted by Crippen LogP contribution is 2.35. The minimum Gasteiger partial charge on any atom is -0.483 e. The molecule has 13 nitrogen and oxygen atoms in total. The molecule has 0 spiro atoms. The van der Waals surface area contributed by atoms with Gasteiger partial charge >= 0.3 is 24.5 Å². The normalized spacial score (nSPS) is 12.4. The summed E-state index contributed by atoms with van der Waals surface area (Å²) >= 11 is 0. The van der Waals surface area contributed by atoms with Gasteiger partial charge in [-0.1, -0.05) is 0 Å². The molecule has 0 bridgehead atoms. The van der Waals surface area contributed by atoms with Crippen molar-refractivity contribution in [2.24, 2.45) is 0 Å². The SMILES string of the molecule is FC(F)(F)C(F)(F)F.O=C(Nc1cn2nc(N3CCCC3)ccc2n1)c1cccnc1.O=C(O)C(F)(F)F.O=CO.O=CO. The molecule has 44 heavy (non-hydrogen) atoms. The van der Waals surface area contributed by atoms with E-state index in [2.05, 4.69) is 25.3 Å². The Hall–Kier alpha value is -5.18. The molecule has 0 unspecified atom stereocenters. The van der Waals surface area contributed by atoms with Gasteiger partial charge in [-0.05, 0) is 37.1 Å². The van der Waals surface area contributed by atoms with Crippen molar-refractivity contribution in [3.05, 3.63) is 48.4 Å². The Kier molecular flexibility index (Phi) is 15.6. The van der Waals surface area contributed by atoms with E-state index < -0.39 is 24.5 Å². The van der Waals surface area contributed by atoms with E-state index in [0.717, 1.165) is 18.9 Å². The van der Waals surface area contributed by atoms with Gasteiger partial charge in [0.25, 0.3) is 18.9 Å². The topological polar surface area (TPSA) is 187 Å². The van der Waals surface area contributed by atoms with Crippen molar-refractivity contribution in [1.29, 1.82) is 0 Å². The summed E-state index contributed by atoms with van der Waals surface area (Å²) in [5.74, 6) is -1.57. The van der Waals surface area contributed by atoms with Crippen molar-refractivity contribution in [3.8, 4) is 0 Å². The first-order valence-electron chi connectivity index (χ1n) is 11.2. The first-order chi connectivity index (χ1) is 20.3. The summed E-state index contributed by atoms with van der Waals surface area (Å²) < 4.78 is 96.1. The van der Waals surface area contributed by atoms with Crippen molar-refractivity contribution in [1.82, 2.24) is 19.6 Å². The van der Waals surface area contributed by atoms with Crippen LogP contribution in [0.25, 0.3) is 5.65 Å². The lowest BCUT2D eigenvalue weighted by Gasteiger charge is -2.15. The molecule has 0 saturated carbocycles. The monoisotopic (exact) mass is 652 g/mol. The number of amides is 1. The molecule has 3 aromatic heterocycles. The van der Waals surface area contributed by atoms with Gasteiger partial charge in [0.05, 0.1) is 11.8 Å². The molecule has 3 aromatic rings. The predicted molar refractivity (Wildman–Crippen MR) is 130 cm³/mol. The average molecular weight is 652 g/mol. The summed E-state index contributed by atoms with van der Waals surface area (Å²) in [6.07, 6.45) is -9.92. The smallest absolute Gasteiger partial charge is 0.483 e. The minimum atomic E-state index is -6.06. The van der Waals surface area contributed by atoms with Crippen LogP contribution in [0.4, 0.5) is 51.1 Å². The molecule has 0 radical (unpaired) electrons. The van der Waals surface area contributed by atoms with Gasteiger partial charge in [0.2, 0.25) is 0 Å². The maximum absolute atomic E-state index is 12.1. The van der Waals surface area contributed by atoms with E-state index in [-0.39, 0.29) is 18.9 Å². The number of carboxylic acid groups (broad SMARTS) is 3. The van der Waals surface area contributed by atoms with Crippen molar-refractivity contribution < 1.29 is 74.0 Å². The van der Waals surface area contributed by atoms with Gasteiger partial charge in [0.15, 0.2) is 11.5 Å². The quantitative estimate of drug-likeness (QED) is 0.235. The highest BCUT2D eigenvalue weighted by molar-refractivity contribution is 6.03. The summed E-state index contributed by atoms with van der Waals surface area (Å²) in [5.41, 5.74) is 1.20. The first-order valence-corrected chi connectivity index (χ1v) is 11.2.